The highest BCUT2D eigenvalue weighted by Gasteiger charge is 2.27. The molecule has 0 aliphatic rings. The van der Waals surface area contributed by atoms with Gasteiger partial charge in [-0.15, -0.1) is 0 Å². The Labute approximate surface area is 194 Å². The van der Waals surface area contributed by atoms with Crippen molar-refractivity contribution in [1.82, 2.24) is 4.98 Å². The normalized spacial score (nSPS) is 11.2. The number of nitrogens with zero attached hydrogens (tertiary/aromatic N) is 2. The van der Waals surface area contributed by atoms with Gasteiger partial charge >= 0.3 is 0 Å². The first-order chi connectivity index (χ1) is 16.2. The molecule has 33 heavy (non-hydrogen) atoms. The maximum Gasteiger partial charge on any atom is 0.296 e. The van der Waals surface area contributed by atoms with Crippen LogP contribution in [-0.2, 0) is 6.54 Å². The number of amides is 1. The molecule has 0 spiro atoms. The molecule has 168 valence electrons. The summed E-state index contributed by atoms with van der Waals surface area (Å²) in [5.74, 6) is 1.81. The van der Waals surface area contributed by atoms with E-state index in [4.69, 9.17) is 23.3 Å². The lowest BCUT2D eigenvalue weighted by molar-refractivity contribution is 0.0958. The van der Waals surface area contributed by atoms with E-state index >= 15 is 0 Å². The van der Waals surface area contributed by atoms with E-state index in [1.165, 1.54) is 11.3 Å². The molecular formula is C25H22N2O5S. The third-order valence-corrected chi connectivity index (χ3v) is 6.10. The Balaban J connectivity index is 1.58. The number of carbonyl (C=O) groups is 1. The highest BCUT2D eigenvalue weighted by molar-refractivity contribution is 7.22. The van der Waals surface area contributed by atoms with Gasteiger partial charge in [0.05, 0.1) is 30.7 Å². The first-order valence-corrected chi connectivity index (χ1v) is 11.5. The van der Waals surface area contributed by atoms with Gasteiger partial charge in [0.15, 0.2) is 22.2 Å². The number of ether oxygens (including phenoxy) is 2. The van der Waals surface area contributed by atoms with Crippen molar-refractivity contribution in [3.63, 3.8) is 0 Å². The molecule has 0 fully saturated rings. The number of rotatable bonds is 8. The van der Waals surface area contributed by atoms with E-state index in [0.717, 1.165) is 15.6 Å². The maximum atomic E-state index is 13.7. The molecule has 0 atom stereocenters. The van der Waals surface area contributed by atoms with Gasteiger partial charge in [0, 0.05) is 5.39 Å². The molecule has 0 bridgehead atoms. The number of thiazole rings is 1. The average molecular weight is 463 g/mol. The molecule has 0 aliphatic carbocycles. The number of para-hydroxylation sites is 2. The van der Waals surface area contributed by atoms with Crippen LogP contribution < -0.4 is 14.4 Å². The summed E-state index contributed by atoms with van der Waals surface area (Å²) < 4.78 is 23.8. The minimum atomic E-state index is -0.318. The summed E-state index contributed by atoms with van der Waals surface area (Å²) in [5.41, 5.74) is 1.27. The van der Waals surface area contributed by atoms with Crippen LogP contribution >= 0.6 is 11.3 Å². The third-order valence-electron chi connectivity index (χ3n) is 5.06. The van der Waals surface area contributed by atoms with Gasteiger partial charge in [0.2, 0.25) is 0 Å². The molecule has 2 aromatic carbocycles. The van der Waals surface area contributed by atoms with Gasteiger partial charge in [-0.05, 0) is 50.2 Å². The molecule has 1 amide bonds. The van der Waals surface area contributed by atoms with E-state index in [2.05, 4.69) is 0 Å². The lowest BCUT2D eigenvalue weighted by atomic mass is 10.2. The summed E-state index contributed by atoms with van der Waals surface area (Å²) in [6, 6.07) is 16.7. The van der Waals surface area contributed by atoms with Gasteiger partial charge in [-0.1, -0.05) is 29.5 Å². The molecule has 0 aliphatic heterocycles. The van der Waals surface area contributed by atoms with Gasteiger partial charge in [-0.25, -0.2) is 4.98 Å². The Morgan fingerprint density at radius 3 is 2.61 bits per heavy atom. The van der Waals surface area contributed by atoms with Crippen molar-refractivity contribution in [3.8, 4) is 11.5 Å². The zero-order valence-electron chi connectivity index (χ0n) is 18.2. The van der Waals surface area contributed by atoms with Crippen LogP contribution in [0.5, 0.6) is 11.5 Å². The largest absolute Gasteiger partial charge is 0.492 e. The highest BCUT2D eigenvalue weighted by atomic mass is 32.1. The predicted octanol–water partition coefficient (Wildman–Crippen LogP) is 6.28. The summed E-state index contributed by atoms with van der Waals surface area (Å²) in [5, 5.41) is 1.33. The second kappa shape index (κ2) is 8.99. The number of hydrogen-bond donors (Lipinski definition) is 0. The zero-order valence-corrected chi connectivity index (χ0v) is 19.1. The fraction of sp³-hybridized carbons (Fsp3) is 0.200. The van der Waals surface area contributed by atoms with Crippen molar-refractivity contribution >= 4 is 43.6 Å². The topological polar surface area (TPSA) is 77.9 Å². The number of furan rings is 2. The molecule has 0 radical (unpaired) electrons. The van der Waals surface area contributed by atoms with Crippen LogP contribution in [0.3, 0.4) is 0 Å². The first kappa shape index (κ1) is 21.1. The van der Waals surface area contributed by atoms with Crippen LogP contribution in [0.2, 0.25) is 0 Å². The zero-order chi connectivity index (χ0) is 22.8. The number of aromatic nitrogens is 1. The Bertz CT molecular complexity index is 1400. The fourth-order valence-electron chi connectivity index (χ4n) is 3.63. The first-order valence-electron chi connectivity index (χ1n) is 10.7. The number of anilines is 1. The molecule has 3 aromatic heterocycles. The van der Waals surface area contributed by atoms with Gasteiger partial charge in [-0.3, -0.25) is 9.69 Å². The van der Waals surface area contributed by atoms with Gasteiger partial charge < -0.3 is 18.3 Å². The maximum absolute atomic E-state index is 13.7. The van der Waals surface area contributed by atoms with Crippen LogP contribution in [0, 0.1) is 0 Å². The Hall–Kier alpha value is -3.78. The van der Waals surface area contributed by atoms with Crippen LogP contribution in [0.25, 0.3) is 21.2 Å². The van der Waals surface area contributed by atoms with Gasteiger partial charge in [0.25, 0.3) is 5.91 Å². The van der Waals surface area contributed by atoms with E-state index in [9.17, 15) is 4.79 Å². The SMILES string of the molecule is CCOc1cccc2sc(N(Cc3ccco3)C(=O)c3cc4cccc(OCC)c4o3)nc12. The number of hydrogen-bond acceptors (Lipinski definition) is 7. The summed E-state index contributed by atoms with van der Waals surface area (Å²) >= 11 is 1.41. The monoisotopic (exact) mass is 462 g/mol. The van der Waals surface area contributed by atoms with E-state index in [0.29, 0.717) is 41.2 Å². The lowest BCUT2D eigenvalue weighted by Gasteiger charge is -2.17. The van der Waals surface area contributed by atoms with Crippen molar-refractivity contribution in [2.45, 2.75) is 20.4 Å². The van der Waals surface area contributed by atoms with Gasteiger partial charge in [0.1, 0.15) is 17.0 Å². The van der Waals surface area contributed by atoms with Crippen molar-refractivity contribution < 1.29 is 23.1 Å². The quantitative estimate of drug-likeness (QED) is 0.270. The summed E-state index contributed by atoms with van der Waals surface area (Å²) in [6.07, 6.45) is 1.58. The number of benzene rings is 2. The van der Waals surface area contributed by atoms with E-state index in [-0.39, 0.29) is 18.2 Å². The van der Waals surface area contributed by atoms with Crippen LogP contribution in [0.1, 0.15) is 30.2 Å². The third kappa shape index (κ3) is 4.05. The Morgan fingerprint density at radius 1 is 1.03 bits per heavy atom. The number of carbonyl (C=O) groups excluding carboxylic acids is 1. The van der Waals surface area contributed by atoms with Crippen LogP contribution in [0.4, 0.5) is 5.13 Å². The molecule has 8 heteroatoms. The summed E-state index contributed by atoms with van der Waals surface area (Å²) in [6.45, 7) is 5.08. The smallest absolute Gasteiger partial charge is 0.296 e. The minimum Gasteiger partial charge on any atom is -0.492 e. The molecular weight excluding hydrogens is 440 g/mol. The molecule has 0 N–H and O–H groups in total. The molecule has 0 saturated heterocycles. The molecule has 7 nitrogen and oxygen atoms in total. The van der Waals surface area contributed by atoms with Crippen LogP contribution in [-0.4, -0.2) is 24.1 Å². The van der Waals surface area contributed by atoms with E-state index in [1.807, 2.05) is 56.3 Å². The van der Waals surface area contributed by atoms with Crippen molar-refractivity contribution in [2.24, 2.45) is 0 Å². The second-order valence-electron chi connectivity index (χ2n) is 7.22. The van der Waals surface area contributed by atoms with E-state index < -0.39 is 0 Å². The van der Waals surface area contributed by atoms with Crippen molar-refractivity contribution in [2.75, 3.05) is 18.1 Å². The Morgan fingerprint density at radius 2 is 1.82 bits per heavy atom. The van der Waals surface area contributed by atoms with Gasteiger partial charge in [-0.2, -0.15) is 0 Å². The van der Waals surface area contributed by atoms with Crippen LogP contribution in [0.15, 0.2) is 69.7 Å². The predicted molar refractivity (Wildman–Crippen MR) is 127 cm³/mol. The summed E-state index contributed by atoms with van der Waals surface area (Å²) in [4.78, 5) is 20.0. The molecule has 5 rings (SSSR count). The summed E-state index contributed by atoms with van der Waals surface area (Å²) in [7, 11) is 0. The fourth-order valence-corrected chi connectivity index (χ4v) is 4.61. The lowest BCUT2D eigenvalue weighted by Crippen LogP contribution is -2.29. The van der Waals surface area contributed by atoms with Crippen molar-refractivity contribution in [3.05, 3.63) is 72.4 Å². The molecule has 0 saturated carbocycles. The second-order valence-corrected chi connectivity index (χ2v) is 8.23. The van der Waals surface area contributed by atoms with E-state index in [1.54, 1.807) is 23.3 Å². The highest BCUT2D eigenvalue weighted by Crippen LogP contribution is 2.36. The van der Waals surface area contributed by atoms with Crippen molar-refractivity contribution in [1.29, 1.82) is 0 Å². The molecule has 3 heterocycles. The standard InChI is InChI=1S/C25H22N2O5S/c1-3-29-18-10-6-12-21-22(18)26-25(33-21)27(15-17-9-7-13-31-17)24(28)20-14-16-8-5-11-19(30-4-2)23(16)32-20/h5-14H,3-4,15H2,1-2H3. The Kier molecular flexibility index (Phi) is 5.75. The molecule has 0 unspecified atom stereocenters. The minimum absolute atomic E-state index is 0.202. The molecule has 5 aromatic rings. The number of fused-ring (bicyclic) bond motifs is 2. The average Bonchev–Trinajstić information content (AvgIpc) is 3.57.